The second kappa shape index (κ2) is 6.88. The Hall–Kier alpha value is -2.26. The number of benzene rings is 3. The van der Waals surface area contributed by atoms with E-state index in [0.29, 0.717) is 10.8 Å². The minimum atomic E-state index is -0.0763. The number of nitrogens with one attached hydrogen (secondary N) is 1. The van der Waals surface area contributed by atoms with Gasteiger partial charge in [0.2, 0.25) is 0 Å². The van der Waals surface area contributed by atoms with Crippen molar-refractivity contribution in [1.29, 1.82) is 0 Å². The Labute approximate surface area is 140 Å². The first-order valence-electron chi connectivity index (χ1n) is 7.69. The largest absolute Gasteiger partial charge is 0.321 e. The highest BCUT2D eigenvalue weighted by atomic mass is 32.2. The van der Waals surface area contributed by atoms with Gasteiger partial charge in [-0.2, -0.15) is 0 Å². The summed E-state index contributed by atoms with van der Waals surface area (Å²) in [6.07, 6.45) is 0. The molecule has 3 rings (SSSR count). The number of carbonyl (C=O) groups excluding carboxylic acids is 1. The summed E-state index contributed by atoms with van der Waals surface area (Å²) in [6.45, 7) is 4.29. The monoisotopic (exact) mass is 321 g/mol. The Morgan fingerprint density at radius 1 is 0.957 bits per heavy atom. The molecule has 0 aromatic heterocycles. The van der Waals surface area contributed by atoms with E-state index in [4.69, 9.17) is 0 Å². The molecular formula is C20H19NOS. The van der Waals surface area contributed by atoms with Crippen molar-refractivity contribution in [2.24, 2.45) is 0 Å². The van der Waals surface area contributed by atoms with Gasteiger partial charge in [0.15, 0.2) is 0 Å². The summed E-state index contributed by atoms with van der Waals surface area (Å²) in [5, 5.41) is 5.70. The van der Waals surface area contributed by atoms with Crippen LogP contribution in [0.1, 0.15) is 24.2 Å². The van der Waals surface area contributed by atoms with Crippen LogP contribution in [0, 0.1) is 0 Å². The quantitative estimate of drug-likeness (QED) is 0.634. The summed E-state index contributed by atoms with van der Waals surface area (Å²) < 4.78 is 0. The zero-order valence-corrected chi connectivity index (χ0v) is 14.1. The van der Waals surface area contributed by atoms with Crippen molar-refractivity contribution in [3.63, 3.8) is 0 Å². The Morgan fingerprint density at radius 2 is 1.70 bits per heavy atom. The number of carbonyl (C=O) groups is 1. The molecule has 0 aliphatic carbocycles. The van der Waals surface area contributed by atoms with Gasteiger partial charge in [-0.1, -0.05) is 56.3 Å². The van der Waals surface area contributed by atoms with Crippen molar-refractivity contribution in [3.8, 4) is 0 Å². The van der Waals surface area contributed by atoms with Gasteiger partial charge in [-0.3, -0.25) is 4.79 Å². The van der Waals surface area contributed by atoms with Crippen LogP contribution in [0.4, 0.5) is 5.69 Å². The lowest BCUT2D eigenvalue weighted by molar-refractivity contribution is 0.102. The number of amides is 1. The molecule has 0 atom stereocenters. The molecule has 23 heavy (non-hydrogen) atoms. The third-order valence-electron chi connectivity index (χ3n) is 3.51. The number of fused-ring (bicyclic) bond motifs is 1. The van der Waals surface area contributed by atoms with Crippen LogP contribution in [-0.2, 0) is 0 Å². The molecular weight excluding hydrogens is 302 g/mol. The van der Waals surface area contributed by atoms with Gasteiger partial charge in [0.05, 0.1) is 0 Å². The molecule has 116 valence electrons. The summed E-state index contributed by atoms with van der Waals surface area (Å²) in [6, 6.07) is 21.8. The molecule has 3 aromatic rings. The van der Waals surface area contributed by atoms with Gasteiger partial charge in [0.1, 0.15) is 0 Å². The Bertz CT molecular complexity index is 836. The average Bonchev–Trinajstić information content (AvgIpc) is 2.55. The van der Waals surface area contributed by atoms with Gasteiger partial charge in [-0.25, -0.2) is 0 Å². The van der Waals surface area contributed by atoms with E-state index in [-0.39, 0.29) is 5.91 Å². The van der Waals surface area contributed by atoms with E-state index < -0.39 is 0 Å². The van der Waals surface area contributed by atoms with Crippen LogP contribution in [-0.4, -0.2) is 11.2 Å². The second-order valence-electron chi connectivity index (χ2n) is 5.68. The summed E-state index contributed by atoms with van der Waals surface area (Å²) in [5.74, 6) is -0.0763. The smallest absolute Gasteiger partial charge is 0.255 e. The van der Waals surface area contributed by atoms with E-state index in [1.54, 1.807) is 11.8 Å². The number of rotatable bonds is 4. The first-order valence-corrected chi connectivity index (χ1v) is 8.57. The molecule has 0 radical (unpaired) electrons. The van der Waals surface area contributed by atoms with Crippen LogP contribution < -0.4 is 5.32 Å². The molecule has 0 fully saturated rings. The van der Waals surface area contributed by atoms with Gasteiger partial charge < -0.3 is 5.32 Å². The van der Waals surface area contributed by atoms with E-state index in [2.05, 4.69) is 19.2 Å². The van der Waals surface area contributed by atoms with Crippen molar-refractivity contribution in [1.82, 2.24) is 0 Å². The molecule has 0 bridgehead atoms. The number of hydrogen-bond donors (Lipinski definition) is 1. The first kappa shape index (κ1) is 15.6. The standard InChI is InChI=1S/C20H19NOS/c1-14(2)23-17-10-5-9-16(13-17)20(22)21-19-12-6-8-15-7-3-4-11-18(15)19/h3-14H,1-2H3,(H,21,22). The van der Waals surface area contributed by atoms with Crippen LogP contribution in [0.5, 0.6) is 0 Å². The van der Waals surface area contributed by atoms with E-state index in [0.717, 1.165) is 21.4 Å². The highest BCUT2D eigenvalue weighted by Gasteiger charge is 2.09. The van der Waals surface area contributed by atoms with Crippen LogP contribution >= 0.6 is 11.8 Å². The van der Waals surface area contributed by atoms with Crippen LogP contribution in [0.3, 0.4) is 0 Å². The highest BCUT2D eigenvalue weighted by Crippen LogP contribution is 2.26. The number of hydrogen-bond acceptors (Lipinski definition) is 2. The van der Waals surface area contributed by atoms with Crippen molar-refractivity contribution in [3.05, 3.63) is 72.3 Å². The molecule has 1 amide bonds. The van der Waals surface area contributed by atoms with E-state index >= 15 is 0 Å². The van der Waals surface area contributed by atoms with Crippen LogP contribution in [0.15, 0.2) is 71.6 Å². The zero-order valence-electron chi connectivity index (χ0n) is 13.2. The van der Waals surface area contributed by atoms with E-state index in [1.807, 2.05) is 66.7 Å². The summed E-state index contributed by atoms with van der Waals surface area (Å²) in [5.41, 5.74) is 1.53. The van der Waals surface area contributed by atoms with Gasteiger partial charge in [0.25, 0.3) is 5.91 Å². The fourth-order valence-electron chi connectivity index (χ4n) is 2.51. The predicted octanol–water partition coefficient (Wildman–Crippen LogP) is 5.59. The second-order valence-corrected chi connectivity index (χ2v) is 7.33. The maximum atomic E-state index is 12.6. The zero-order chi connectivity index (χ0) is 16.2. The van der Waals surface area contributed by atoms with Gasteiger partial charge in [-0.15, -0.1) is 11.8 Å². The Kier molecular flexibility index (Phi) is 4.68. The molecule has 0 spiro atoms. The lowest BCUT2D eigenvalue weighted by Crippen LogP contribution is -2.12. The van der Waals surface area contributed by atoms with Gasteiger partial charge in [0, 0.05) is 26.8 Å². The minimum absolute atomic E-state index is 0.0763. The van der Waals surface area contributed by atoms with Crippen molar-refractivity contribution < 1.29 is 4.79 Å². The SMILES string of the molecule is CC(C)Sc1cccc(C(=O)Nc2cccc3ccccc23)c1. The van der Waals surface area contributed by atoms with Crippen molar-refractivity contribution >= 4 is 34.1 Å². The molecule has 0 unspecified atom stereocenters. The van der Waals surface area contributed by atoms with Crippen molar-refractivity contribution in [2.45, 2.75) is 24.0 Å². The lowest BCUT2D eigenvalue weighted by atomic mass is 10.1. The molecule has 0 saturated heterocycles. The molecule has 3 heteroatoms. The molecule has 1 N–H and O–H groups in total. The molecule has 0 aliphatic rings. The molecule has 3 aromatic carbocycles. The Morgan fingerprint density at radius 3 is 2.52 bits per heavy atom. The van der Waals surface area contributed by atoms with E-state index in [9.17, 15) is 4.79 Å². The van der Waals surface area contributed by atoms with Gasteiger partial charge in [-0.05, 0) is 29.7 Å². The maximum absolute atomic E-state index is 12.6. The fraction of sp³-hybridized carbons (Fsp3) is 0.150. The number of anilines is 1. The minimum Gasteiger partial charge on any atom is -0.321 e. The fourth-order valence-corrected chi connectivity index (χ4v) is 3.41. The van der Waals surface area contributed by atoms with Gasteiger partial charge >= 0.3 is 0 Å². The van der Waals surface area contributed by atoms with Crippen LogP contribution in [0.2, 0.25) is 0 Å². The maximum Gasteiger partial charge on any atom is 0.255 e. The van der Waals surface area contributed by atoms with E-state index in [1.165, 1.54) is 0 Å². The molecule has 0 saturated carbocycles. The van der Waals surface area contributed by atoms with Crippen LogP contribution in [0.25, 0.3) is 10.8 Å². The predicted molar refractivity (Wildman–Crippen MR) is 99.3 cm³/mol. The molecule has 0 aliphatic heterocycles. The third kappa shape index (κ3) is 3.74. The highest BCUT2D eigenvalue weighted by molar-refractivity contribution is 7.99. The Balaban J connectivity index is 1.86. The topological polar surface area (TPSA) is 29.1 Å². The molecule has 2 nitrogen and oxygen atoms in total. The summed E-state index contributed by atoms with van der Waals surface area (Å²) in [7, 11) is 0. The molecule has 0 heterocycles. The first-order chi connectivity index (χ1) is 11.1. The average molecular weight is 321 g/mol. The third-order valence-corrected chi connectivity index (χ3v) is 4.50. The van der Waals surface area contributed by atoms with Crippen molar-refractivity contribution in [2.75, 3.05) is 5.32 Å². The summed E-state index contributed by atoms with van der Waals surface area (Å²) >= 11 is 1.76. The number of thioether (sulfide) groups is 1. The summed E-state index contributed by atoms with van der Waals surface area (Å²) in [4.78, 5) is 13.7. The lowest BCUT2D eigenvalue weighted by Gasteiger charge is -2.10. The normalized spacial score (nSPS) is 10.9.